The summed E-state index contributed by atoms with van der Waals surface area (Å²) in [5, 5.41) is 0.628. The van der Waals surface area contributed by atoms with Crippen LogP contribution < -0.4 is 0 Å². The number of allylic oxidation sites excluding steroid dienone is 2. The zero-order valence-corrected chi connectivity index (χ0v) is 11.3. The lowest BCUT2D eigenvalue weighted by Gasteiger charge is -2.13. The minimum Gasteiger partial charge on any atom is -0.135 e. The monoisotopic (exact) mass is 262 g/mol. The van der Waals surface area contributed by atoms with Gasteiger partial charge in [0.25, 0.3) is 0 Å². The van der Waals surface area contributed by atoms with E-state index in [-0.39, 0.29) is 4.75 Å². The molecule has 1 fully saturated rings. The summed E-state index contributed by atoms with van der Waals surface area (Å²) in [6.07, 6.45) is 8.97. The van der Waals surface area contributed by atoms with Gasteiger partial charge in [0.15, 0.2) is 0 Å². The van der Waals surface area contributed by atoms with Crippen LogP contribution in [0.4, 0.5) is 0 Å². The van der Waals surface area contributed by atoms with Crippen LogP contribution in [0.5, 0.6) is 0 Å². The highest BCUT2D eigenvalue weighted by molar-refractivity contribution is 8.08. The van der Waals surface area contributed by atoms with Crippen LogP contribution in [0.2, 0.25) is 0 Å². The van der Waals surface area contributed by atoms with Crippen molar-refractivity contribution in [2.45, 2.75) is 10.00 Å². The van der Waals surface area contributed by atoms with E-state index in [2.05, 4.69) is 78.9 Å². The molecule has 1 aliphatic heterocycles. The molecule has 2 aliphatic rings. The molecular weight excluding hydrogens is 248 g/mol. The van der Waals surface area contributed by atoms with Crippen LogP contribution in [-0.4, -0.2) is 5.25 Å². The smallest absolute Gasteiger partial charge is 0.0751 e. The molecule has 2 atom stereocenters. The first-order chi connectivity index (χ1) is 9.38. The fourth-order valence-electron chi connectivity index (χ4n) is 2.76. The van der Waals surface area contributed by atoms with E-state index in [0.29, 0.717) is 5.25 Å². The normalized spacial score (nSPS) is 27.1. The van der Waals surface area contributed by atoms with Gasteiger partial charge in [0.1, 0.15) is 0 Å². The number of hydrogen-bond donors (Lipinski definition) is 0. The number of thioether (sulfide) groups is 1. The first kappa shape index (κ1) is 11.1. The third kappa shape index (κ3) is 1.77. The first-order valence-electron chi connectivity index (χ1n) is 6.58. The quantitative estimate of drug-likeness (QED) is 0.701. The molecule has 0 spiro atoms. The number of benzene rings is 2. The predicted molar refractivity (Wildman–Crippen MR) is 83.2 cm³/mol. The lowest BCUT2D eigenvalue weighted by atomic mass is 9.90. The van der Waals surface area contributed by atoms with Gasteiger partial charge in [0.05, 0.1) is 4.75 Å². The summed E-state index contributed by atoms with van der Waals surface area (Å²) < 4.78 is 0.208. The Labute approximate surface area is 117 Å². The molecule has 2 unspecified atom stereocenters. The Balaban J connectivity index is 1.76. The lowest BCUT2D eigenvalue weighted by molar-refractivity contribution is 0.905. The molecule has 1 saturated heterocycles. The van der Waals surface area contributed by atoms with E-state index in [1.54, 1.807) is 0 Å². The van der Waals surface area contributed by atoms with Crippen LogP contribution in [0.3, 0.4) is 0 Å². The summed E-state index contributed by atoms with van der Waals surface area (Å²) in [6, 6.07) is 19.6. The molecule has 2 aromatic carbocycles. The van der Waals surface area contributed by atoms with Gasteiger partial charge in [-0.25, -0.2) is 0 Å². The highest BCUT2D eigenvalue weighted by Gasteiger charge is 2.54. The minimum atomic E-state index is 0.208. The molecule has 0 amide bonds. The Morgan fingerprint density at radius 3 is 2.53 bits per heavy atom. The van der Waals surface area contributed by atoms with E-state index in [9.17, 15) is 0 Å². The standard InChI is InChI=1S/C18H14S/c1-2-7-14(8-3-1)15-9-6-10-16(13-15)18-12-5-4-11-17(18)19-18/h1-13,17H. The summed E-state index contributed by atoms with van der Waals surface area (Å²) in [6.45, 7) is 0. The lowest BCUT2D eigenvalue weighted by Crippen LogP contribution is -2.09. The van der Waals surface area contributed by atoms with Crippen molar-refractivity contribution in [1.29, 1.82) is 0 Å². The third-order valence-corrected chi connectivity index (χ3v) is 5.39. The molecule has 92 valence electrons. The van der Waals surface area contributed by atoms with Crippen LogP contribution in [-0.2, 0) is 4.75 Å². The molecule has 0 radical (unpaired) electrons. The first-order valence-corrected chi connectivity index (χ1v) is 7.46. The minimum absolute atomic E-state index is 0.208. The molecule has 2 aromatic rings. The molecule has 1 aliphatic carbocycles. The Kier molecular flexibility index (Phi) is 2.42. The van der Waals surface area contributed by atoms with Gasteiger partial charge in [0, 0.05) is 5.25 Å². The molecule has 0 saturated carbocycles. The van der Waals surface area contributed by atoms with Crippen molar-refractivity contribution in [1.82, 2.24) is 0 Å². The fraction of sp³-hybridized carbons (Fsp3) is 0.111. The average molecular weight is 262 g/mol. The number of fused-ring (bicyclic) bond motifs is 1. The summed E-state index contributed by atoms with van der Waals surface area (Å²) in [7, 11) is 0. The molecule has 0 N–H and O–H groups in total. The van der Waals surface area contributed by atoms with Crippen LogP contribution in [0.25, 0.3) is 11.1 Å². The largest absolute Gasteiger partial charge is 0.135 e. The van der Waals surface area contributed by atoms with Gasteiger partial charge < -0.3 is 0 Å². The van der Waals surface area contributed by atoms with Gasteiger partial charge in [-0.05, 0) is 22.8 Å². The van der Waals surface area contributed by atoms with E-state index >= 15 is 0 Å². The van der Waals surface area contributed by atoms with Gasteiger partial charge in [-0.2, -0.15) is 0 Å². The summed E-state index contributed by atoms with van der Waals surface area (Å²) >= 11 is 2.03. The van der Waals surface area contributed by atoms with Crippen molar-refractivity contribution in [3.63, 3.8) is 0 Å². The maximum absolute atomic E-state index is 2.34. The molecular formula is C18H14S. The predicted octanol–water partition coefficient (Wildman–Crippen LogP) is 4.79. The van der Waals surface area contributed by atoms with Crippen LogP contribution in [0.1, 0.15) is 5.56 Å². The molecule has 19 heavy (non-hydrogen) atoms. The van der Waals surface area contributed by atoms with E-state index in [1.807, 2.05) is 11.8 Å². The topological polar surface area (TPSA) is 0 Å². The maximum Gasteiger partial charge on any atom is 0.0751 e. The zero-order valence-electron chi connectivity index (χ0n) is 10.5. The van der Waals surface area contributed by atoms with Crippen molar-refractivity contribution < 1.29 is 0 Å². The van der Waals surface area contributed by atoms with Crippen LogP contribution in [0, 0.1) is 0 Å². The molecule has 0 nitrogen and oxygen atoms in total. The Morgan fingerprint density at radius 2 is 1.68 bits per heavy atom. The second-order valence-corrected chi connectivity index (χ2v) is 6.44. The second kappa shape index (κ2) is 4.14. The van der Waals surface area contributed by atoms with Gasteiger partial charge in [0.2, 0.25) is 0 Å². The Bertz CT molecular complexity index is 669. The van der Waals surface area contributed by atoms with Gasteiger partial charge in [-0.15, -0.1) is 11.8 Å². The highest BCUT2D eigenvalue weighted by Crippen LogP contribution is 2.64. The average Bonchev–Trinajstić information content (AvgIpc) is 3.24. The van der Waals surface area contributed by atoms with E-state index in [1.165, 1.54) is 16.7 Å². The fourth-order valence-corrected chi connectivity index (χ4v) is 3.99. The van der Waals surface area contributed by atoms with E-state index in [4.69, 9.17) is 0 Å². The second-order valence-electron chi connectivity index (χ2n) is 5.02. The van der Waals surface area contributed by atoms with Crippen molar-refractivity contribution in [3.8, 4) is 11.1 Å². The molecule has 1 heteroatoms. The molecule has 0 aromatic heterocycles. The van der Waals surface area contributed by atoms with Gasteiger partial charge in [-0.3, -0.25) is 0 Å². The molecule has 1 heterocycles. The van der Waals surface area contributed by atoms with Gasteiger partial charge in [-0.1, -0.05) is 72.8 Å². The van der Waals surface area contributed by atoms with Gasteiger partial charge >= 0.3 is 0 Å². The van der Waals surface area contributed by atoms with Crippen molar-refractivity contribution in [3.05, 3.63) is 84.5 Å². The molecule has 4 rings (SSSR count). The van der Waals surface area contributed by atoms with E-state index in [0.717, 1.165) is 0 Å². The number of rotatable bonds is 2. The van der Waals surface area contributed by atoms with Crippen LogP contribution >= 0.6 is 11.8 Å². The highest BCUT2D eigenvalue weighted by atomic mass is 32.2. The molecule has 0 bridgehead atoms. The summed E-state index contributed by atoms with van der Waals surface area (Å²) in [4.78, 5) is 0. The van der Waals surface area contributed by atoms with Crippen molar-refractivity contribution in [2.75, 3.05) is 0 Å². The Hall–Kier alpha value is -1.73. The summed E-state index contributed by atoms with van der Waals surface area (Å²) in [5.74, 6) is 0. The maximum atomic E-state index is 2.34. The third-order valence-electron chi connectivity index (χ3n) is 3.85. The van der Waals surface area contributed by atoms with E-state index < -0.39 is 0 Å². The SMILES string of the molecule is C1=CC2SC2(c2cccc(-c3ccccc3)c2)C=C1. The van der Waals surface area contributed by atoms with Crippen molar-refractivity contribution in [2.24, 2.45) is 0 Å². The zero-order chi connectivity index (χ0) is 12.7. The van der Waals surface area contributed by atoms with Crippen LogP contribution in [0.15, 0.2) is 78.9 Å². The number of hydrogen-bond acceptors (Lipinski definition) is 1. The Morgan fingerprint density at radius 1 is 0.842 bits per heavy atom. The summed E-state index contributed by atoms with van der Waals surface area (Å²) in [5.41, 5.74) is 4.02. The van der Waals surface area contributed by atoms with Crippen molar-refractivity contribution >= 4 is 11.8 Å².